The number of carbonyl (C=O) groups excluding carboxylic acids is 2. The largest absolute Gasteiger partial charge is 0.477 e. The summed E-state index contributed by atoms with van der Waals surface area (Å²) < 4.78 is 151. The maximum atomic E-state index is 14.3. The van der Waals surface area contributed by atoms with Crippen LogP contribution < -0.4 is 30.0 Å². The summed E-state index contributed by atoms with van der Waals surface area (Å²) in [4.78, 5) is 92.9. The van der Waals surface area contributed by atoms with E-state index in [9.17, 15) is 54.3 Å². The number of aromatic nitrogens is 8. The Morgan fingerprint density at radius 2 is 0.672 bits per heavy atom. The fourth-order valence-electron chi connectivity index (χ4n) is 18.2. The number of aryl methyl sites for hydroxylation is 4. The number of aliphatic hydroxyl groups is 1. The number of nitrogens with one attached hydrogen (secondary N) is 1. The molecular formula is C81H105Cl2F8N13O13S5. The van der Waals surface area contributed by atoms with Gasteiger partial charge >= 0.3 is 41.6 Å². The number of thiophene rings is 4. The number of halogens is 10. The third-order valence-electron chi connectivity index (χ3n) is 24.6. The highest BCUT2D eigenvalue weighted by Crippen LogP contribution is 2.55. The van der Waals surface area contributed by atoms with Gasteiger partial charge in [-0.25, -0.2) is 58.5 Å². The summed E-state index contributed by atoms with van der Waals surface area (Å²) in [5.74, 6) is -21.8. The molecule has 4 fully saturated rings. The predicted octanol–water partition coefficient (Wildman–Crippen LogP) is 16.1. The Morgan fingerprint density at radius 3 is 0.893 bits per heavy atom. The average molecular weight is 1850 g/mol. The molecule has 8 aromatic rings. The van der Waals surface area contributed by atoms with Gasteiger partial charge in [0.2, 0.25) is 32.7 Å². The number of fused-ring (bicyclic) bond motifs is 12. The number of aliphatic hydroxyl groups excluding tert-OH is 1. The topological polar surface area (TPSA) is 343 Å². The van der Waals surface area contributed by atoms with Crippen LogP contribution in [-0.2, 0) is 58.8 Å². The van der Waals surface area contributed by atoms with E-state index in [2.05, 4.69) is 128 Å². The van der Waals surface area contributed by atoms with Gasteiger partial charge in [0.1, 0.15) is 69.0 Å². The first-order valence-corrected chi connectivity index (χ1v) is 46.9. The molecule has 16 rings (SSSR count). The summed E-state index contributed by atoms with van der Waals surface area (Å²) in [5, 5.41) is 30.8. The van der Waals surface area contributed by atoms with E-state index in [4.69, 9.17) is 44.2 Å². The summed E-state index contributed by atoms with van der Waals surface area (Å²) in [6.07, 6.45) is 24.1. The summed E-state index contributed by atoms with van der Waals surface area (Å²) >= 11 is 5.96. The zero-order valence-electron chi connectivity index (χ0n) is 69.3. The fourth-order valence-corrected chi connectivity index (χ4v) is 23.1. The molecule has 1 amide bonds. The van der Waals surface area contributed by atoms with E-state index < -0.39 is 106 Å². The molecule has 0 spiro atoms. The van der Waals surface area contributed by atoms with Crippen LogP contribution in [-0.4, -0.2) is 234 Å². The minimum absolute atomic E-state index is 0.0403. The first kappa shape index (κ1) is 95.9. The van der Waals surface area contributed by atoms with E-state index in [1.807, 2.05) is 7.05 Å². The third-order valence-corrected chi connectivity index (χ3v) is 29.3. The standard InChI is InChI=1S/C21H27F2N3O3S.C20H26F2N4O2S.C20H25F2N3O3S.C19H23F2N3O3S.CH4O.Cl2OS/c1-26(2)13-5-7-14(8-6-13)29-18-17-16-12(10-21(22,23)20(27)28-3)4-9-15(16)30-19(17)25-11-24-18;1-26(2)12-4-6-13(7-5-12)28-17-16-15-11(9-20(21,22)19(23)27)3-8-14(15)29-18(16)25-10-24-17;1-25(2)12-4-6-13(7-5-12)28-17-16-15-11(9-20(21,22)19(26)27)3-8-14(15)29-18(16)24-10-23-17;1-22-11-3-5-12(6-4-11)27-16-15-14-10(8-19(20,21)18(25)26)2-7-13(14)28-17(15)24-9-23-16;1-2;1-4(2)3/h11-14H,4-10H2,1-3H3;10-13H,3-9H2,1-2H3,(H2,23,27);10-13H,3-9H2,1-2H3,(H,26,27);9-12,22H,2-8H2,1H3,(H,25,26);2H,1H3;/t12-,13?,14?;2*11-,12?,13?;10-,11?,12?;;/m1111../s1. The highest BCUT2D eigenvalue weighted by molar-refractivity contribution is 8.26. The summed E-state index contributed by atoms with van der Waals surface area (Å²) in [6, 6.07) is 2.17. The lowest BCUT2D eigenvalue weighted by molar-refractivity contribution is -0.170. The van der Waals surface area contributed by atoms with Gasteiger partial charge in [-0.15, -0.1) is 45.3 Å². The summed E-state index contributed by atoms with van der Waals surface area (Å²) in [7, 11) is 23.9. The lowest BCUT2D eigenvalue weighted by Crippen LogP contribution is -2.36. The normalized spacial score (nSPS) is 23.8. The van der Waals surface area contributed by atoms with Gasteiger partial charge in [-0.3, -0.25) is 4.79 Å². The zero-order valence-corrected chi connectivity index (χ0v) is 74.9. The Kier molecular flexibility index (Phi) is 32.8. The average Bonchev–Trinajstić information content (AvgIpc) is 1.62. The summed E-state index contributed by atoms with van der Waals surface area (Å²) in [5.41, 5.74) is 8.09. The number of nitrogens with zero attached hydrogens (tertiary/aromatic N) is 11. The van der Waals surface area contributed by atoms with Crippen molar-refractivity contribution in [3.8, 4) is 23.5 Å². The number of amides is 1. The Bertz CT molecular complexity index is 4790. The smallest absolute Gasteiger partial charge is 0.376 e. The van der Waals surface area contributed by atoms with Gasteiger partial charge in [-0.1, -0.05) is 0 Å². The number of aliphatic carboxylic acids is 2. The van der Waals surface area contributed by atoms with Crippen LogP contribution in [0.5, 0.6) is 23.5 Å². The van der Waals surface area contributed by atoms with E-state index in [-0.39, 0.29) is 24.4 Å². The molecule has 8 aliphatic rings. The van der Waals surface area contributed by atoms with Crippen LogP contribution in [0.3, 0.4) is 0 Å². The number of esters is 1. The minimum atomic E-state index is -3.75. The maximum Gasteiger partial charge on any atom is 0.376 e. The van der Waals surface area contributed by atoms with Crippen molar-refractivity contribution in [2.45, 2.75) is 276 Å². The van der Waals surface area contributed by atoms with Gasteiger partial charge < -0.3 is 64.8 Å². The maximum absolute atomic E-state index is 14.3. The Hall–Kier alpha value is -6.79. The number of rotatable bonds is 24. The highest BCUT2D eigenvalue weighted by Gasteiger charge is 2.49. The quantitative estimate of drug-likeness (QED) is 0.0213. The first-order valence-electron chi connectivity index (χ1n) is 40.9. The van der Waals surface area contributed by atoms with Gasteiger partial charge in [0, 0.05) is 97.8 Å². The van der Waals surface area contributed by atoms with Crippen molar-refractivity contribution in [1.82, 2.24) is 59.9 Å². The van der Waals surface area contributed by atoms with E-state index >= 15 is 0 Å². The van der Waals surface area contributed by atoms with E-state index in [1.54, 1.807) is 0 Å². The molecule has 41 heteroatoms. The molecule has 0 aromatic carbocycles. The molecule has 4 atom stereocenters. The Morgan fingerprint density at radius 1 is 0.434 bits per heavy atom. The van der Waals surface area contributed by atoms with Gasteiger partial charge in [-0.2, -0.15) is 35.1 Å². The Balaban J connectivity index is 0.000000155. The van der Waals surface area contributed by atoms with Crippen LogP contribution in [0.1, 0.15) is 220 Å². The molecule has 122 heavy (non-hydrogen) atoms. The zero-order chi connectivity index (χ0) is 88.4. The molecule has 0 saturated heterocycles. The summed E-state index contributed by atoms with van der Waals surface area (Å²) in [6.45, 7) is 0. The van der Waals surface area contributed by atoms with Gasteiger partial charge in [0.05, 0.1) is 28.7 Å². The number of primary amides is 1. The van der Waals surface area contributed by atoms with Gasteiger partial charge in [-0.05, 0) is 249 Å². The van der Waals surface area contributed by atoms with Crippen molar-refractivity contribution in [3.05, 3.63) is 67.1 Å². The molecular weight excluding hydrogens is 1750 g/mol. The van der Waals surface area contributed by atoms with E-state index in [0.29, 0.717) is 110 Å². The van der Waals surface area contributed by atoms with Crippen molar-refractivity contribution >= 4 is 141 Å². The monoisotopic (exact) mass is 1850 g/mol. The second-order valence-corrected chi connectivity index (χ2v) is 39.7. The van der Waals surface area contributed by atoms with Crippen LogP contribution in [0, 0.1) is 0 Å². The van der Waals surface area contributed by atoms with Crippen molar-refractivity contribution in [2.75, 3.05) is 63.6 Å². The predicted molar refractivity (Wildman–Crippen MR) is 453 cm³/mol. The third kappa shape index (κ3) is 23.0. The number of methoxy groups -OCH3 is 1. The molecule has 0 aliphatic heterocycles. The van der Waals surface area contributed by atoms with Crippen molar-refractivity contribution in [2.24, 2.45) is 5.73 Å². The molecule has 672 valence electrons. The fraction of sp³-hybridized carbons (Fsp3) is 0.654. The molecule has 4 saturated carbocycles. The SMILES string of the molecule is CN(C)C1CCC(Oc2ncnc3sc4c(c23)[C@@H](CC(F)(F)C(=O)O)CC4)CC1.CN(C)C1CCC(Oc2ncnc3sc4c(c23)[C@@H](CC(F)(F)C(N)=O)CC4)CC1.CNC1CCC(Oc2ncnc3sc4c(c23)[C@@H](CC(F)(F)C(=O)O)CC4)CC1.CO.COC(=O)C(F)(F)C[C@H]1CCc2sc3ncnc(OC4CCC(N(C)C)CC4)c3c21.O=S(Cl)Cl. The number of carbonyl (C=O) groups is 4. The first-order chi connectivity index (χ1) is 57.9. The molecule has 0 radical (unpaired) electrons. The molecule has 26 nitrogen and oxygen atoms in total. The number of carboxylic acid groups (broad SMARTS) is 2. The van der Waals surface area contributed by atoms with Crippen LogP contribution >= 0.6 is 66.7 Å². The second-order valence-electron chi connectivity index (χ2n) is 32.8. The molecule has 0 bridgehead atoms. The number of nitrogens with two attached hydrogens (primary N) is 1. The van der Waals surface area contributed by atoms with Gasteiger partial charge in [0.15, 0.2) is 0 Å². The lowest BCUT2D eigenvalue weighted by atomic mass is 9.92. The highest BCUT2D eigenvalue weighted by atomic mass is 36.0. The van der Waals surface area contributed by atoms with Gasteiger partial charge in [0.25, 0.3) is 5.91 Å². The number of carboxylic acids is 2. The molecule has 8 aliphatic carbocycles. The number of hydrogen-bond donors (Lipinski definition) is 5. The molecule has 6 N–H and O–H groups in total. The van der Waals surface area contributed by atoms with E-state index in [0.717, 1.165) is 189 Å². The van der Waals surface area contributed by atoms with Crippen LogP contribution in [0.25, 0.3) is 40.9 Å². The number of ether oxygens (including phenoxy) is 5. The molecule has 0 unspecified atom stereocenters. The minimum Gasteiger partial charge on any atom is -0.477 e. The van der Waals surface area contributed by atoms with Crippen LogP contribution in [0.4, 0.5) is 35.1 Å². The lowest BCUT2D eigenvalue weighted by Gasteiger charge is -2.32. The number of hydrogen-bond acceptors (Lipinski definition) is 27. The second kappa shape index (κ2) is 41.8. The Labute approximate surface area is 729 Å². The van der Waals surface area contributed by atoms with Crippen molar-refractivity contribution in [1.29, 1.82) is 0 Å². The van der Waals surface area contributed by atoms with E-state index in [1.165, 1.54) is 70.7 Å². The molecule has 8 heterocycles. The van der Waals surface area contributed by atoms with Crippen molar-refractivity contribution in [3.63, 3.8) is 0 Å². The number of alkyl halides is 8. The van der Waals surface area contributed by atoms with Crippen LogP contribution in [0.2, 0.25) is 0 Å². The van der Waals surface area contributed by atoms with Crippen molar-refractivity contribution < 1.29 is 97.5 Å². The molecule has 8 aromatic heterocycles. The van der Waals surface area contributed by atoms with Crippen LogP contribution in [0.15, 0.2) is 25.3 Å².